The fourth-order valence-electron chi connectivity index (χ4n) is 6.49. The second-order valence-electron chi connectivity index (χ2n) is 13.9. The zero-order valence-corrected chi connectivity index (χ0v) is 30.4. The van der Waals surface area contributed by atoms with Gasteiger partial charge in [-0.1, -0.05) is 49.1 Å². The second-order valence-corrected chi connectivity index (χ2v) is 14.3. The van der Waals surface area contributed by atoms with E-state index in [1.807, 2.05) is 33.8 Å². The van der Waals surface area contributed by atoms with Crippen LogP contribution in [0.1, 0.15) is 124 Å². The van der Waals surface area contributed by atoms with E-state index in [-0.39, 0.29) is 28.6 Å². The minimum Gasteiger partial charge on any atom is -0.464 e. The smallest absolute Gasteiger partial charge is 0.356 e. The highest BCUT2D eigenvalue weighted by Gasteiger charge is 2.31. The van der Waals surface area contributed by atoms with Gasteiger partial charge in [-0.15, -0.1) is 0 Å². The van der Waals surface area contributed by atoms with Crippen LogP contribution in [0.25, 0.3) is 5.65 Å². The van der Waals surface area contributed by atoms with E-state index in [0.717, 1.165) is 29.2 Å². The van der Waals surface area contributed by atoms with Crippen LogP contribution in [0.5, 0.6) is 0 Å². The van der Waals surface area contributed by atoms with Crippen molar-refractivity contribution in [3.8, 4) is 0 Å². The van der Waals surface area contributed by atoms with Gasteiger partial charge in [0.1, 0.15) is 16.9 Å². The van der Waals surface area contributed by atoms with Crippen molar-refractivity contribution in [3.05, 3.63) is 92.9 Å². The number of hydrogen-bond donors (Lipinski definition) is 3. The highest BCUT2D eigenvalue weighted by atomic mass is 35.5. The topological polar surface area (TPSA) is 167 Å². The number of esters is 2. The number of methoxy groups -OCH3 is 1. The number of nitrogens with one attached hydrogen (secondary N) is 2. The molecular formula is C38H45ClN6O6. The van der Waals surface area contributed by atoms with Crippen LogP contribution in [0, 0.1) is 12.8 Å². The molecule has 4 N–H and O–H groups in total. The molecule has 2 aliphatic rings. The lowest BCUT2D eigenvalue weighted by Crippen LogP contribution is -2.30. The average molecular weight is 717 g/mol. The van der Waals surface area contributed by atoms with E-state index < -0.39 is 29.4 Å². The summed E-state index contributed by atoms with van der Waals surface area (Å²) in [6, 6.07) is 11.2. The van der Waals surface area contributed by atoms with Gasteiger partial charge in [-0.05, 0) is 101 Å². The number of carbonyl (C=O) groups excluding carboxylic acids is 4. The summed E-state index contributed by atoms with van der Waals surface area (Å²) < 4.78 is 11.6. The van der Waals surface area contributed by atoms with Gasteiger partial charge in [-0.25, -0.2) is 19.1 Å². The molecule has 2 aromatic heterocycles. The van der Waals surface area contributed by atoms with E-state index in [0.29, 0.717) is 29.1 Å². The van der Waals surface area contributed by atoms with Crippen molar-refractivity contribution in [1.29, 1.82) is 0 Å². The number of rotatable bonds is 7. The van der Waals surface area contributed by atoms with Crippen LogP contribution in [0.15, 0.2) is 48.7 Å². The van der Waals surface area contributed by atoms with Crippen molar-refractivity contribution in [2.24, 2.45) is 11.7 Å². The molecule has 0 spiro atoms. The van der Waals surface area contributed by atoms with E-state index in [4.69, 9.17) is 26.8 Å². The van der Waals surface area contributed by atoms with Crippen molar-refractivity contribution in [1.82, 2.24) is 19.9 Å². The van der Waals surface area contributed by atoms with E-state index in [9.17, 15) is 19.2 Å². The molecule has 2 aliphatic carbocycles. The lowest BCUT2D eigenvalue weighted by atomic mass is 9.90. The molecule has 0 radical (unpaired) electrons. The van der Waals surface area contributed by atoms with Crippen LogP contribution >= 0.6 is 11.6 Å². The predicted octanol–water partition coefficient (Wildman–Crippen LogP) is 6.63. The maximum atomic E-state index is 13.7. The third-order valence-corrected chi connectivity index (χ3v) is 9.47. The van der Waals surface area contributed by atoms with Gasteiger partial charge in [-0.2, -0.15) is 5.10 Å². The van der Waals surface area contributed by atoms with Gasteiger partial charge < -0.3 is 25.8 Å². The van der Waals surface area contributed by atoms with Crippen molar-refractivity contribution < 1.29 is 28.7 Å². The Hall–Kier alpha value is -4.81. The summed E-state index contributed by atoms with van der Waals surface area (Å²) in [7, 11) is 1.19. The number of benzene rings is 2. The van der Waals surface area contributed by atoms with E-state index >= 15 is 0 Å². The number of aromatic nitrogens is 3. The second kappa shape index (κ2) is 16.0. The lowest BCUT2D eigenvalue weighted by molar-refractivity contribution is 0.00681. The summed E-state index contributed by atoms with van der Waals surface area (Å²) >= 11 is 6.19. The van der Waals surface area contributed by atoms with Crippen LogP contribution in [-0.4, -0.2) is 57.6 Å². The van der Waals surface area contributed by atoms with E-state index in [2.05, 4.69) is 20.7 Å². The SMILES string of the molecule is COC(=O)c1cc(C(=O)N[C@H]2CCc3c2ccc(C(=O)OC(C)(C)C)c3C)n2ncc(C(=O)Nc3ccccc3Cl)c2n1.NCC1CCCCC1. The number of nitrogens with two attached hydrogens (primary N) is 1. The Bertz CT molecular complexity index is 1950. The molecule has 1 atom stereocenters. The number of nitrogens with zero attached hydrogens (tertiary/aromatic N) is 3. The number of amides is 2. The molecule has 2 heterocycles. The number of anilines is 1. The molecule has 13 heteroatoms. The minimum atomic E-state index is -0.785. The zero-order chi connectivity index (χ0) is 36.9. The van der Waals surface area contributed by atoms with E-state index in [1.54, 1.807) is 30.3 Å². The van der Waals surface area contributed by atoms with E-state index in [1.165, 1.54) is 56.0 Å². The summed E-state index contributed by atoms with van der Waals surface area (Å²) in [5.41, 5.74) is 8.23. The summed E-state index contributed by atoms with van der Waals surface area (Å²) in [6.45, 7) is 8.23. The normalized spacial score (nSPS) is 15.7. The minimum absolute atomic E-state index is 0.0118. The molecular weight excluding hydrogens is 672 g/mol. The average Bonchev–Trinajstić information content (AvgIpc) is 3.73. The van der Waals surface area contributed by atoms with Crippen molar-refractivity contribution in [3.63, 3.8) is 0 Å². The molecule has 51 heavy (non-hydrogen) atoms. The van der Waals surface area contributed by atoms with Crippen LogP contribution in [-0.2, 0) is 15.9 Å². The first-order chi connectivity index (χ1) is 24.3. The molecule has 0 bridgehead atoms. The molecule has 6 rings (SSSR count). The zero-order valence-electron chi connectivity index (χ0n) is 29.7. The Morgan fingerprint density at radius 1 is 0.980 bits per heavy atom. The summed E-state index contributed by atoms with van der Waals surface area (Å²) in [4.78, 5) is 56.3. The van der Waals surface area contributed by atoms with Gasteiger partial charge in [0.2, 0.25) is 0 Å². The Morgan fingerprint density at radius 2 is 1.71 bits per heavy atom. The first-order valence-electron chi connectivity index (χ1n) is 17.2. The fraction of sp³-hybridized carbons (Fsp3) is 0.421. The molecule has 270 valence electrons. The molecule has 1 fully saturated rings. The Balaban J connectivity index is 0.000000556. The van der Waals surface area contributed by atoms with Gasteiger partial charge >= 0.3 is 11.9 Å². The summed E-state index contributed by atoms with van der Waals surface area (Å²) in [6.07, 6.45) is 9.56. The third kappa shape index (κ3) is 8.74. The number of ether oxygens (including phenoxy) is 2. The standard InChI is InChI=1S/C31H30ClN5O6.C7H15N/c1-16-17-12-13-22(19(17)11-10-18(16)29(40)43-31(2,3)4)35-28(39)25-14-24(30(41)42-5)34-26-20(15-33-37(25)26)27(38)36-23-9-7-6-8-21(23)32;8-6-7-4-2-1-3-5-7/h6-11,14-15,22H,12-13H2,1-5H3,(H,35,39)(H,36,38);7H,1-6,8H2/t22-;/m0./s1. The number of fused-ring (bicyclic) bond motifs is 2. The molecule has 1 saturated carbocycles. The largest absolute Gasteiger partial charge is 0.464 e. The van der Waals surface area contributed by atoms with Crippen molar-refractivity contribution in [2.75, 3.05) is 19.0 Å². The first-order valence-corrected chi connectivity index (χ1v) is 17.6. The fourth-order valence-corrected chi connectivity index (χ4v) is 6.67. The molecule has 4 aromatic rings. The Morgan fingerprint density at radius 3 is 2.35 bits per heavy atom. The Kier molecular flexibility index (Phi) is 11.8. The van der Waals surface area contributed by atoms with Crippen LogP contribution in [0.2, 0.25) is 5.02 Å². The van der Waals surface area contributed by atoms with Crippen LogP contribution in [0.4, 0.5) is 5.69 Å². The molecule has 2 aromatic carbocycles. The molecule has 2 amide bonds. The van der Waals surface area contributed by atoms with Gasteiger partial charge in [0, 0.05) is 6.07 Å². The van der Waals surface area contributed by atoms with Gasteiger partial charge in [0.05, 0.1) is 35.6 Å². The van der Waals surface area contributed by atoms with Crippen molar-refractivity contribution in [2.45, 2.75) is 84.3 Å². The maximum Gasteiger partial charge on any atom is 0.356 e. The summed E-state index contributed by atoms with van der Waals surface area (Å²) in [5, 5.41) is 10.3. The van der Waals surface area contributed by atoms with Gasteiger partial charge in [0.25, 0.3) is 11.8 Å². The van der Waals surface area contributed by atoms with Crippen LogP contribution < -0.4 is 16.4 Å². The van der Waals surface area contributed by atoms with Crippen molar-refractivity contribution >= 4 is 46.7 Å². The molecule has 0 saturated heterocycles. The Labute approximate surface area is 302 Å². The number of para-hydroxylation sites is 1. The third-order valence-electron chi connectivity index (χ3n) is 9.14. The van der Waals surface area contributed by atoms with Gasteiger partial charge in [-0.3, -0.25) is 9.59 Å². The maximum absolute atomic E-state index is 13.7. The van der Waals surface area contributed by atoms with Gasteiger partial charge in [0.15, 0.2) is 11.3 Å². The van der Waals surface area contributed by atoms with Crippen LogP contribution in [0.3, 0.4) is 0 Å². The highest BCUT2D eigenvalue weighted by Crippen LogP contribution is 2.35. The monoisotopic (exact) mass is 716 g/mol. The molecule has 0 unspecified atom stereocenters. The number of halogens is 1. The number of carbonyl (C=O) groups is 4. The molecule has 12 nitrogen and oxygen atoms in total. The molecule has 0 aliphatic heterocycles. The summed E-state index contributed by atoms with van der Waals surface area (Å²) in [5.74, 6) is -1.44. The predicted molar refractivity (Wildman–Crippen MR) is 194 cm³/mol. The first kappa shape index (κ1) is 37.4. The lowest BCUT2D eigenvalue weighted by Gasteiger charge is -2.21. The quantitative estimate of drug-likeness (QED) is 0.178. The highest BCUT2D eigenvalue weighted by molar-refractivity contribution is 6.34. The number of hydrogen-bond acceptors (Lipinski definition) is 9.